The monoisotopic (exact) mass is 255 g/mol. The fraction of sp³-hybridized carbons (Fsp3) is 0.545. The predicted octanol–water partition coefficient (Wildman–Crippen LogP) is -0.921. The molecule has 0 aliphatic rings. The van der Waals surface area contributed by atoms with Crippen molar-refractivity contribution in [3.8, 4) is 0 Å². The molecule has 100 valence electrons. The van der Waals surface area contributed by atoms with Crippen molar-refractivity contribution in [2.75, 3.05) is 19.8 Å². The standard InChI is InChI=1S/C11H17N3O4/c1-2-18-7-3-5-12-10(16)8-14-6-4-9(15)13-11(14)17/h4,6H,2-3,5,7-8H2,1H3,(H,12,16)(H,13,15,17). The quantitative estimate of drug-likeness (QED) is 0.616. The van der Waals surface area contributed by atoms with Crippen LogP contribution < -0.4 is 16.6 Å². The van der Waals surface area contributed by atoms with Gasteiger partial charge in [0.25, 0.3) is 5.56 Å². The Kier molecular flexibility index (Phi) is 5.86. The van der Waals surface area contributed by atoms with Gasteiger partial charge in [0.2, 0.25) is 5.91 Å². The van der Waals surface area contributed by atoms with Gasteiger partial charge in [0.1, 0.15) is 6.54 Å². The van der Waals surface area contributed by atoms with Gasteiger partial charge in [0, 0.05) is 32.0 Å². The Morgan fingerprint density at radius 2 is 2.28 bits per heavy atom. The predicted molar refractivity (Wildman–Crippen MR) is 65.4 cm³/mol. The molecule has 0 aromatic carbocycles. The van der Waals surface area contributed by atoms with E-state index in [0.29, 0.717) is 19.8 Å². The summed E-state index contributed by atoms with van der Waals surface area (Å²) < 4.78 is 6.26. The SMILES string of the molecule is CCOCCCNC(=O)Cn1ccc(=O)[nH]c1=O. The molecule has 1 aromatic rings. The molecule has 7 nitrogen and oxygen atoms in total. The molecule has 0 aliphatic carbocycles. The number of ether oxygens (including phenoxy) is 1. The topological polar surface area (TPSA) is 93.2 Å². The summed E-state index contributed by atoms with van der Waals surface area (Å²) in [4.78, 5) is 35.7. The Labute approximate surface area is 104 Å². The smallest absolute Gasteiger partial charge is 0.328 e. The number of rotatable bonds is 7. The zero-order chi connectivity index (χ0) is 13.4. The fourth-order valence-corrected chi connectivity index (χ4v) is 1.33. The van der Waals surface area contributed by atoms with E-state index < -0.39 is 11.2 Å². The molecular weight excluding hydrogens is 238 g/mol. The lowest BCUT2D eigenvalue weighted by molar-refractivity contribution is -0.121. The van der Waals surface area contributed by atoms with E-state index in [4.69, 9.17) is 4.74 Å². The number of carbonyl (C=O) groups is 1. The fourth-order valence-electron chi connectivity index (χ4n) is 1.33. The summed E-state index contributed by atoms with van der Waals surface area (Å²) in [6, 6.07) is 1.20. The molecule has 0 bridgehead atoms. The van der Waals surface area contributed by atoms with E-state index in [9.17, 15) is 14.4 Å². The molecule has 18 heavy (non-hydrogen) atoms. The first-order chi connectivity index (χ1) is 8.63. The van der Waals surface area contributed by atoms with E-state index in [1.165, 1.54) is 12.3 Å². The molecule has 0 aliphatic heterocycles. The molecule has 1 amide bonds. The molecule has 0 spiro atoms. The third-order valence-electron chi connectivity index (χ3n) is 2.20. The maximum atomic E-state index is 11.5. The second-order valence-corrected chi connectivity index (χ2v) is 3.64. The highest BCUT2D eigenvalue weighted by molar-refractivity contribution is 5.75. The molecule has 1 aromatic heterocycles. The molecule has 0 fully saturated rings. The van der Waals surface area contributed by atoms with Crippen LogP contribution in [0.3, 0.4) is 0 Å². The number of H-pyrrole nitrogens is 1. The van der Waals surface area contributed by atoms with Crippen LogP contribution in [0.25, 0.3) is 0 Å². The van der Waals surface area contributed by atoms with Crippen molar-refractivity contribution in [2.45, 2.75) is 19.9 Å². The zero-order valence-electron chi connectivity index (χ0n) is 10.3. The van der Waals surface area contributed by atoms with Gasteiger partial charge in [-0.2, -0.15) is 0 Å². The highest BCUT2D eigenvalue weighted by Crippen LogP contribution is 1.82. The summed E-state index contributed by atoms with van der Waals surface area (Å²) in [5.41, 5.74) is -1.07. The average molecular weight is 255 g/mol. The van der Waals surface area contributed by atoms with Gasteiger partial charge in [0.05, 0.1) is 0 Å². The maximum Gasteiger partial charge on any atom is 0.328 e. The van der Waals surface area contributed by atoms with Gasteiger partial charge in [-0.15, -0.1) is 0 Å². The van der Waals surface area contributed by atoms with E-state index in [1.807, 2.05) is 6.92 Å². The van der Waals surface area contributed by atoms with Crippen LogP contribution in [0.1, 0.15) is 13.3 Å². The van der Waals surface area contributed by atoms with E-state index in [1.54, 1.807) is 0 Å². The lowest BCUT2D eigenvalue weighted by Gasteiger charge is -2.06. The van der Waals surface area contributed by atoms with Gasteiger partial charge in [-0.3, -0.25) is 19.1 Å². The lowest BCUT2D eigenvalue weighted by atomic mass is 10.4. The number of hydrogen-bond acceptors (Lipinski definition) is 4. The first kappa shape index (κ1) is 14.2. The summed E-state index contributed by atoms with van der Waals surface area (Å²) in [6.45, 7) is 3.54. The van der Waals surface area contributed by atoms with E-state index in [2.05, 4.69) is 10.3 Å². The second kappa shape index (κ2) is 7.44. The van der Waals surface area contributed by atoms with Crippen molar-refractivity contribution >= 4 is 5.91 Å². The molecular formula is C11H17N3O4. The Hall–Kier alpha value is -1.89. The first-order valence-electron chi connectivity index (χ1n) is 5.77. The summed E-state index contributed by atoms with van der Waals surface area (Å²) in [5.74, 6) is -0.277. The summed E-state index contributed by atoms with van der Waals surface area (Å²) in [6.07, 6.45) is 2.01. The van der Waals surface area contributed by atoms with Crippen LogP contribution in [-0.2, 0) is 16.1 Å². The van der Waals surface area contributed by atoms with Crippen molar-refractivity contribution in [1.29, 1.82) is 0 Å². The van der Waals surface area contributed by atoms with Gasteiger partial charge >= 0.3 is 5.69 Å². The van der Waals surface area contributed by atoms with Crippen LogP contribution in [-0.4, -0.2) is 35.2 Å². The van der Waals surface area contributed by atoms with Gasteiger partial charge < -0.3 is 10.1 Å². The average Bonchev–Trinajstić information content (AvgIpc) is 2.32. The summed E-state index contributed by atoms with van der Waals surface area (Å²) in [7, 11) is 0. The molecule has 1 heterocycles. The van der Waals surface area contributed by atoms with Gasteiger partial charge in [-0.1, -0.05) is 0 Å². The Balaban J connectivity index is 2.36. The number of aromatic amines is 1. The number of nitrogens with zero attached hydrogens (tertiary/aromatic N) is 1. The van der Waals surface area contributed by atoms with Crippen molar-refractivity contribution in [3.63, 3.8) is 0 Å². The van der Waals surface area contributed by atoms with Gasteiger partial charge in [-0.25, -0.2) is 4.79 Å². The van der Waals surface area contributed by atoms with Crippen LogP contribution in [0.5, 0.6) is 0 Å². The summed E-state index contributed by atoms with van der Waals surface area (Å²) in [5, 5.41) is 2.66. The lowest BCUT2D eigenvalue weighted by Crippen LogP contribution is -2.35. The van der Waals surface area contributed by atoms with E-state index in [0.717, 1.165) is 11.0 Å². The molecule has 0 unspecified atom stereocenters. The van der Waals surface area contributed by atoms with Crippen LogP contribution in [0.4, 0.5) is 0 Å². The zero-order valence-corrected chi connectivity index (χ0v) is 10.3. The third-order valence-corrected chi connectivity index (χ3v) is 2.20. The minimum Gasteiger partial charge on any atom is -0.382 e. The minimum atomic E-state index is -0.591. The molecule has 0 saturated carbocycles. The molecule has 0 radical (unpaired) electrons. The number of carbonyl (C=O) groups excluding carboxylic acids is 1. The minimum absolute atomic E-state index is 0.107. The Morgan fingerprint density at radius 3 is 2.94 bits per heavy atom. The van der Waals surface area contributed by atoms with Gasteiger partial charge in [0.15, 0.2) is 0 Å². The normalized spacial score (nSPS) is 10.3. The Morgan fingerprint density at radius 1 is 1.50 bits per heavy atom. The largest absolute Gasteiger partial charge is 0.382 e. The first-order valence-corrected chi connectivity index (χ1v) is 5.77. The number of aromatic nitrogens is 2. The highest BCUT2D eigenvalue weighted by Gasteiger charge is 2.03. The molecule has 2 N–H and O–H groups in total. The molecule has 0 saturated heterocycles. The van der Waals surface area contributed by atoms with E-state index in [-0.39, 0.29) is 12.5 Å². The second-order valence-electron chi connectivity index (χ2n) is 3.64. The Bertz CT molecular complexity index is 492. The molecule has 7 heteroatoms. The van der Waals surface area contributed by atoms with Crippen molar-refractivity contribution in [1.82, 2.24) is 14.9 Å². The van der Waals surface area contributed by atoms with Gasteiger partial charge in [-0.05, 0) is 13.3 Å². The van der Waals surface area contributed by atoms with Crippen molar-refractivity contribution in [2.24, 2.45) is 0 Å². The van der Waals surface area contributed by atoms with Crippen molar-refractivity contribution < 1.29 is 9.53 Å². The van der Waals surface area contributed by atoms with Crippen LogP contribution >= 0.6 is 0 Å². The summed E-state index contributed by atoms with van der Waals surface area (Å²) >= 11 is 0. The number of hydrogen-bond donors (Lipinski definition) is 2. The van der Waals surface area contributed by atoms with Crippen LogP contribution in [0.2, 0.25) is 0 Å². The molecule has 1 rings (SSSR count). The van der Waals surface area contributed by atoms with Crippen molar-refractivity contribution in [3.05, 3.63) is 33.1 Å². The maximum absolute atomic E-state index is 11.5. The molecule has 0 atom stereocenters. The van der Waals surface area contributed by atoms with Crippen LogP contribution in [0.15, 0.2) is 21.9 Å². The van der Waals surface area contributed by atoms with E-state index >= 15 is 0 Å². The highest BCUT2D eigenvalue weighted by atomic mass is 16.5. The third kappa shape index (κ3) is 4.96. The van der Waals surface area contributed by atoms with Crippen LogP contribution in [0, 0.1) is 0 Å². The number of amides is 1. The number of nitrogens with one attached hydrogen (secondary N) is 2.